The van der Waals surface area contributed by atoms with Crippen molar-refractivity contribution in [2.24, 2.45) is 0 Å². The van der Waals surface area contributed by atoms with Crippen LogP contribution in [0.3, 0.4) is 0 Å². The van der Waals surface area contributed by atoms with E-state index in [4.69, 9.17) is 5.73 Å². The van der Waals surface area contributed by atoms with Gasteiger partial charge in [0.1, 0.15) is 0 Å². The Kier molecular flexibility index (Phi) is 3.69. The van der Waals surface area contributed by atoms with Crippen LogP contribution in [0.5, 0.6) is 0 Å². The fourth-order valence-electron chi connectivity index (χ4n) is 2.85. The number of likely N-dealkylation sites (N-methyl/N-ethyl adjacent to an activating group) is 1. The van der Waals surface area contributed by atoms with Crippen LogP contribution in [0.2, 0.25) is 0 Å². The van der Waals surface area contributed by atoms with E-state index in [1.165, 1.54) is 24.3 Å². The smallest absolute Gasteiger partial charge is 0.270 e. The van der Waals surface area contributed by atoms with Gasteiger partial charge in [0.05, 0.1) is 16.1 Å². The van der Waals surface area contributed by atoms with Crippen LogP contribution in [-0.2, 0) is 0 Å². The minimum Gasteiger partial charge on any atom is -0.399 e. The molecule has 24 heavy (non-hydrogen) atoms. The van der Waals surface area contributed by atoms with Gasteiger partial charge in [-0.15, -0.1) is 0 Å². The van der Waals surface area contributed by atoms with Crippen LogP contribution >= 0.6 is 0 Å². The molecule has 0 aromatic heterocycles. The second-order valence-corrected chi connectivity index (χ2v) is 5.98. The number of amides is 2. The zero-order chi connectivity index (χ0) is 17.6. The molecule has 0 spiro atoms. The van der Waals surface area contributed by atoms with E-state index >= 15 is 0 Å². The maximum atomic E-state index is 12.7. The fraction of sp³-hybridized carbons (Fsp3) is 0.250. The van der Waals surface area contributed by atoms with Crippen molar-refractivity contribution in [1.82, 2.24) is 9.80 Å². The number of carbonyl (C=O) groups is 2. The molecule has 0 bridgehead atoms. The average Bonchev–Trinajstić information content (AvgIpc) is 2.50. The maximum Gasteiger partial charge on any atom is 0.270 e. The lowest BCUT2D eigenvalue weighted by Crippen LogP contribution is -2.43. The highest BCUT2D eigenvalue weighted by Crippen LogP contribution is 2.35. The van der Waals surface area contributed by atoms with Crippen LogP contribution in [0.4, 0.5) is 11.4 Å². The highest BCUT2D eigenvalue weighted by Gasteiger charge is 2.34. The van der Waals surface area contributed by atoms with E-state index in [1.807, 2.05) is 19.0 Å². The summed E-state index contributed by atoms with van der Waals surface area (Å²) in [4.78, 5) is 39.0. The second kappa shape index (κ2) is 5.57. The monoisotopic (exact) mass is 328 g/mol. The predicted octanol–water partition coefficient (Wildman–Crippen LogP) is 1.49. The summed E-state index contributed by atoms with van der Waals surface area (Å²) in [6, 6.07) is 5.59. The molecule has 0 unspecified atom stereocenters. The second-order valence-electron chi connectivity index (χ2n) is 5.98. The molecule has 0 fully saturated rings. The first-order valence-electron chi connectivity index (χ1n) is 7.32. The van der Waals surface area contributed by atoms with Crippen LogP contribution in [0, 0.1) is 10.1 Å². The number of hydrogen-bond donors (Lipinski definition) is 1. The Balaban J connectivity index is 2.24. The third kappa shape index (κ3) is 2.46. The van der Waals surface area contributed by atoms with Crippen molar-refractivity contribution in [3.63, 3.8) is 0 Å². The molecule has 2 N–H and O–H groups in total. The molecule has 1 aliphatic heterocycles. The normalized spacial score (nSPS) is 13.9. The fourth-order valence-corrected chi connectivity index (χ4v) is 2.85. The summed E-state index contributed by atoms with van der Waals surface area (Å²) >= 11 is 0. The molecule has 1 heterocycles. The highest BCUT2D eigenvalue weighted by atomic mass is 16.6. The van der Waals surface area contributed by atoms with Crippen molar-refractivity contribution in [2.45, 2.75) is 0 Å². The van der Waals surface area contributed by atoms with Crippen molar-refractivity contribution in [3.8, 4) is 0 Å². The average molecular weight is 328 g/mol. The summed E-state index contributed by atoms with van der Waals surface area (Å²) in [5.74, 6) is -0.951. The molecule has 8 heteroatoms. The molecule has 2 aromatic carbocycles. The topological polar surface area (TPSA) is 110 Å². The Morgan fingerprint density at radius 3 is 2.33 bits per heavy atom. The minimum atomic E-state index is -0.563. The standard InChI is InChI=1S/C16H16N4O4/c1-18(2)3-4-19-15(21)12-7-10(17)5-9-6-11(20(23)24)8-13(14(9)12)16(19)22/h5-8H,3-4,17H2,1-2H3. The van der Waals surface area contributed by atoms with Gasteiger partial charge in [0.15, 0.2) is 0 Å². The van der Waals surface area contributed by atoms with Crippen molar-refractivity contribution >= 4 is 34.0 Å². The third-order valence-electron chi connectivity index (χ3n) is 3.99. The minimum absolute atomic E-state index is 0.160. The van der Waals surface area contributed by atoms with E-state index in [1.54, 1.807) is 0 Å². The van der Waals surface area contributed by atoms with Crippen LogP contribution in [0.15, 0.2) is 24.3 Å². The summed E-state index contributed by atoms with van der Waals surface area (Å²) < 4.78 is 0. The SMILES string of the molecule is CN(C)CCN1C(=O)c2cc(N)cc3cc([N+](=O)[O-])cc(c23)C1=O. The number of anilines is 1. The summed E-state index contributed by atoms with van der Waals surface area (Å²) in [5, 5.41) is 12.0. The zero-order valence-electron chi connectivity index (χ0n) is 13.3. The molecular weight excluding hydrogens is 312 g/mol. The van der Waals surface area contributed by atoms with E-state index < -0.39 is 16.7 Å². The van der Waals surface area contributed by atoms with Crippen molar-refractivity contribution < 1.29 is 14.5 Å². The van der Waals surface area contributed by atoms with E-state index in [-0.39, 0.29) is 17.8 Å². The Hall–Kier alpha value is -3.00. The van der Waals surface area contributed by atoms with E-state index in [2.05, 4.69) is 0 Å². The first-order valence-corrected chi connectivity index (χ1v) is 7.32. The van der Waals surface area contributed by atoms with Gasteiger partial charge in [0.25, 0.3) is 17.5 Å². The molecule has 8 nitrogen and oxygen atoms in total. The number of carbonyl (C=O) groups excluding carboxylic acids is 2. The van der Waals surface area contributed by atoms with Crippen molar-refractivity contribution in [1.29, 1.82) is 0 Å². The van der Waals surface area contributed by atoms with E-state index in [9.17, 15) is 19.7 Å². The van der Waals surface area contributed by atoms with Gasteiger partial charge >= 0.3 is 0 Å². The number of nitro benzene ring substituents is 1. The van der Waals surface area contributed by atoms with Crippen molar-refractivity contribution in [2.75, 3.05) is 32.9 Å². The van der Waals surface area contributed by atoms with Gasteiger partial charge in [-0.3, -0.25) is 24.6 Å². The summed E-state index contributed by atoms with van der Waals surface area (Å²) in [6.45, 7) is 0.691. The Morgan fingerprint density at radius 1 is 1.12 bits per heavy atom. The predicted molar refractivity (Wildman–Crippen MR) is 88.9 cm³/mol. The number of rotatable bonds is 4. The van der Waals surface area contributed by atoms with Crippen LogP contribution in [0.25, 0.3) is 10.8 Å². The molecule has 0 saturated heterocycles. The molecule has 0 radical (unpaired) electrons. The number of imide groups is 1. The molecule has 2 aromatic rings. The largest absolute Gasteiger partial charge is 0.399 e. The van der Waals surface area contributed by atoms with Gasteiger partial charge in [-0.05, 0) is 31.6 Å². The van der Waals surface area contributed by atoms with Crippen molar-refractivity contribution in [3.05, 3.63) is 45.5 Å². The number of nitrogen functional groups attached to an aromatic ring is 1. The van der Waals surface area contributed by atoms with Gasteiger partial charge in [-0.25, -0.2) is 0 Å². The van der Waals surface area contributed by atoms with Gasteiger partial charge in [-0.2, -0.15) is 0 Å². The number of benzene rings is 2. The highest BCUT2D eigenvalue weighted by molar-refractivity contribution is 6.26. The molecule has 2 amide bonds. The summed E-state index contributed by atoms with van der Waals surface area (Å²) in [5.41, 5.74) is 6.40. The molecule has 0 atom stereocenters. The summed E-state index contributed by atoms with van der Waals surface area (Å²) in [6.07, 6.45) is 0. The molecular formula is C16H16N4O4. The zero-order valence-corrected chi connectivity index (χ0v) is 13.3. The lowest BCUT2D eigenvalue weighted by Gasteiger charge is -2.28. The van der Waals surface area contributed by atoms with E-state index in [0.717, 1.165) is 4.90 Å². The third-order valence-corrected chi connectivity index (χ3v) is 3.99. The Bertz CT molecular complexity index is 891. The van der Waals surface area contributed by atoms with Crippen LogP contribution in [0.1, 0.15) is 20.7 Å². The number of hydrogen-bond acceptors (Lipinski definition) is 6. The first-order chi connectivity index (χ1) is 11.3. The molecule has 1 aliphatic rings. The quantitative estimate of drug-likeness (QED) is 0.394. The molecule has 3 rings (SSSR count). The lowest BCUT2D eigenvalue weighted by atomic mass is 9.92. The molecule has 124 valence electrons. The van der Waals surface area contributed by atoms with E-state index in [0.29, 0.717) is 28.6 Å². The Labute approximate surface area is 137 Å². The molecule has 0 aliphatic carbocycles. The van der Waals surface area contributed by atoms with Gasteiger partial charge in [0, 0.05) is 36.3 Å². The van der Waals surface area contributed by atoms with Gasteiger partial charge in [-0.1, -0.05) is 0 Å². The Morgan fingerprint density at radius 2 is 1.75 bits per heavy atom. The number of nitro groups is 1. The van der Waals surface area contributed by atoms with Crippen LogP contribution in [-0.4, -0.2) is 53.7 Å². The van der Waals surface area contributed by atoms with Gasteiger partial charge in [0.2, 0.25) is 0 Å². The van der Waals surface area contributed by atoms with Crippen LogP contribution < -0.4 is 5.73 Å². The maximum absolute atomic E-state index is 12.7. The molecule has 0 saturated carbocycles. The summed E-state index contributed by atoms with van der Waals surface area (Å²) in [7, 11) is 3.66. The lowest BCUT2D eigenvalue weighted by molar-refractivity contribution is -0.384. The first kappa shape index (κ1) is 15.9. The number of nitrogens with zero attached hydrogens (tertiary/aromatic N) is 3. The number of non-ortho nitro benzene ring substituents is 1. The number of nitrogens with two attached hydrogens (primary N) is 1. The van der Waals surface area contributed by atoms with Gasteiger partial charge < -0.3 is 10.6 Å².